The zero-order chi connectivity index (χ0) is 14.0. The van der Waals surface area contributed by atoms with Gasteiger partial charge in [0.2, 0.25) is 0 Å². The molecule has 3 nitrogen and oxygen atoms in total. The van der Waals surface area contributed by atoms with Gasteiger partial charge in [0.05, 0.1) is 17.7 Å². The maximum absolute atomic E-state index is 13.4. The van der Waals surface area contributed by atoms with Gasteiger partial charge in [-0.3, -0.25) is 4.79 Å². The number of amides is 1. The van der Waals surface area contributed by atoms with Gasteiger partial charge in [-0.05, 0) is 18.9 Å². The summed E-state index contributed by atoms with van der Waals surface area (Å²) in [6.45, 7) is 0. The normalized spacial score (nSPS) is 23.2. The standard InChI is InChI=1S/C13H14F3NO2/c14-8-6-10(16)9(15)5-7(8)13(19)17-11-3-1-2-4-12(11)18/h5-6,11-12,18H,1-4H2,(H,17,19). The largest absolute Gasteiger partial charge is 0.391 e. The first-order chi connectivity index (χ1) is 8.99. The molecular formula is C13H14F3NO2. The van der Waals surface area contributed by atoms with E-state index in [0.29, 0.717) is 25.0 Å². The van der Waals surface area contributed by atoms with Gasteiger partial charge in [-0.2, -0.15) is 0 Å². The predicted octanol–water partition coefficient (Wildman–Crippen LogP) is 2.14. The Bertz CT molecular complexity index is 493. The van der Waals surface area contributed by atoms with E-state index in [-0.39, 0.29) is 0 Å². The van der Waals surface area contributed by atoms with E-state index in [1.54, 1.807) is 0 Å². The molecule has 0 bridgehead atoms. The monoisotopic (exact) mass is 273 g/mol. The number of benzene rings is 1. The van der Waals surface area contributed by atoms with Crippen LogP contribution in [0.15, 0.2) is 12.1 Å². The van der Waals surface area contributed by atoms with Crippen LogP contribution in [0.4, 0.5) is 13.2 Å². The molecule has 0 aromatic heterocycles. The van der Waals surface area contributed by atoms with Crippen molar-refractivity contribution >= 4 is 5.91 Å². The van der Waals surface area contributed by atoms with Crippen LogP contribution < -0.4 is 5.32 Å². The Morgan fingerprint density at radius 3 is 2.42 bits per heavy atom. The van der Waals surface area contributed by atoms with Crippen molar-refractivity contribution in [1.29, 1.82) is 0 Å². The van der Waals surface area contributed by atoms with Crippen LogP contribution in [0, 0.1) is 17.5 Å². The lowest BCUT2D eigenvalue weighted by atomic mass is 9.92. The van der Waals surface area contributed by atoms with E-state index in [1.807, 2.05) is 0 Å². The lowest BCUT2D eigenvalue weighted by molar-refractivity contribution is 0.0714. The van der Waals surface area contributed by atoms with Crippen molar-refractivity contribution in [3.8, 4) is 0 Å². The Hall–Kier alpha value is -1.56. The van der Waals surface area contributed by atoms with E-state index in [0.717, 1.165) is 12.8 Å². The number of hydrogen-bond acceptors (Lipinski definition) is 2. The summed E-state index contributed by atoms with van der Waals surface area (Å²) >= 11 is 0. The number of aliphatic hydroxyl groups excluding tert-OH is 1. The highest BCUT2D eigenvalue weighted by Gasteiger charge is 2.26. The van der Waals surface area contributed by atoms with E-state index < -0.39 is 41.1 Å². The number of carbonyl (C=O) groups is 1. The fourth-order valence-electron chi connectivity index (χ4n) is 2.22. The number of aliphatic hydroxyl groups is 1. The van der Waals surface area contributed by atoms with Gasteiger partial charge in [-0.1, -0.05) is 12.8 Å². The lowest BCUT2D eigenvalue weighted by Crippen LogP contribution is -2.45. The minimum absolute atomic E-state index is 0.335. The lowest BCUT2D eigenvalue weighted by Gasteiger charge is -2.28. The molecule has 2 atom stereocenters. The van der Waals surface area contributed by atoms with Gasteiger partial charge >= 0.3 is 0 Å². The smallest absolute Gasteiger partial charge is 0.254 e. The van der Waals surface area contributed by atoms with Crippen molar-refractivity contribution in [3.63, 3.8) is 0 Å². The first-order valence-corrected chi connectivity index (χ1v) is 6.12. The van der Waals surface area contributed by atoms with E-state index >= 15 is 0 Å². The molecule has 1 aromatic rings. The topological polar surface area (TPSA) is 49.3 Å². The summed E-state index contributed by atoms with van der Waals surface area (Å²) in [7, 11) is 0. The Kier molecular flexibility index (Phi) is 4.09. The highest BCUT2D eigenvalue weighted by Crippen LogP contribution is 2.20. The van der Waals surface area contributed by atoms with Crippen LogP contribution in [0.25, 0.3) is 0 Å². The van der Waals surface area contributed by atoms with E-state index in [9.17, 15) is 23.1 Å². The summed E-state index contributed by atoms with van der Waals surface area (Å²) in [6, 6.07) is 0.380. The van der Waals surface area contributed by atoms with Crippen LogP contribution >= 0.6 is 0 Å². The van der Waals surface area contributed by atoms with Crippen LogP contribution in [-0.4, -0.2) is 23.2 Å². The second-order valence-electron chi connectivity index (χ2n) is 4.68. The molecule has 1 aliphatic carbocycles. The Labute approximate surface area is 108 Å². The molecule has 1 aromatic carbocycles. The molecule has 0 spiro atoms. The van der Waals surface area contributed by atoms with Crippen molar-refractivity contribution in [2.24, 2.45) is 0 Å². The molecule has 0 heterocycles. The van der Waals surface area contributed by atoms with Gasteiger partial charge in [0.25, 0.3) is 5.91 Å². The summed E-state index contributed by atoms with van der Waals surface area (Å²) in [5, 5.41) is 12.1. The first-order valence-electron chi connectivity index (χ1n) is 6.12. The summed E-state index contributed by atoms with van der Waals surface area (Å²) in [5.41, 5.74) is -0.559. The summed E-state index contributed by atoms with van der Waals surface area (Å²) < 4.78 is 39.2. The molecule has 2 N–H and O–H groups in total. The third-order valence-electron chi connectivity index (χ3n) is 3.30. The maximum Gasteiger partial charge on any atom is 0.254 e. The minimum Gasteiger partial charge on any atom is -0.391 e. The zero-order valence-electron chi connectivity index (χ0n) is 10.1. The van der Waals surface area contributed by atoms with Gasteiger partial charge in [-0.15, -0.1) is 0 Å². The third kappa shape index (κ3) is 3.07. The van der Waals surface area contributed by atoms with Gasteiger partial charge in [0.15, 0.2) is 11.6 Å². The SMILES string of the molecule is O=C(NC1CCCCC1O)c1cc(F)c(F)cc1F. The number of carbonyl (C=O) groups excluding carboxylic acids is 1. The molecule has 0 radical (unpaired) electrons. The van der Waals surface area contributed by atoms with Gasteiger partial charge < -0.3 is 10.4 Å². The minimum atomic E-state index is -1.34. The second-order valence-corrected chi connectivity index (χ2v) is 4.68. The third-order valence-corrected chi connectivity index (χ3v) is 3.30. The average molecular weight is 273 g/mol. The number of hydrogen-bond donors (Lipinski definition) is 2. The van der Waals surface area contributed by atoms with Crippen molar-refractivity contribution in [1.82, 2.24) is 5.32 Å². The molecule has 1 aliphatic rings. The molecule has 1 saturated carbocycles. The average Bonchev–Trinajstić information content (AvgIpc) is 2.36. The second kappa shape index (κ2) is 5.61. The molecule has 1 amide bonds. The maximum atomic E-state index is 13.4. The molecular weight excluding hydrogens is 259 g/mol. The molecule has 2 rings (SSSR count). The quantitative estimate of drug-likeness (QED) is 0.811. The van der Waals surface area contributed by atoms with E-state index in [2.05, 4.69) is 5.32 Å². The highest BCUT2D eigenvalue weighted by molar-refractivity contribution is 5.94. The molecule has 0 saturated heterocycles. The molecule has 1 fully saturated rings. The zero-order valence-corrected chi connectivity index (χ0v) is 10.1. The van der Waals surface area contributed by atoms with E-state index in [4.69, 9.17) is 0 Å². The van der Waals surface area contributed by atoms with Crippen molar-refractivity contribution in [2.75, 3.05) is 0 Å². The van der Waals surface area contributed by atoms with Crippen LogP contribution in [0.5, 0.6) is 0 Å². The Balaban J connectivity index is 2.13. The van der Waals surface area contributed by atoms with Gasteiger partial charge in [0.1, 0.15) is 5.82 Å². The van der Waals surface area contributed by atoms with Crippen molar-refractivity contribution < 1.29 is 23.1 Å². The van der Waals surface area contributed by atoms with Crippen molar-refractivity contribution in [2.45, 2.75) is 37.8 Å². The predicted molar refractivity (Wildman–Crippen MR) is 62.0 cm³/mol. The Morgan fingerprint density at radius 2 is 1.74 bits per heavy atom. The van der Waals surface area contributed by atoms with Gasteiger partial charge in [-0.25, -0.2) is 13.2 Å². The van der Waals surface area contributed by atoms with Crippen LogP contribution in [0.3, 0.4) is 0 Å². The van der Waals surface area contributed by atoms with Crippen LogP contribution in [0.2, 0.25) is 0 Å². The summed E-state index contributed by atoms with van der Waals surface area (Å²) in [6.07, 6.45) is 2.17. The Morgan fingerprint density at radius 1 is 1.11 bits per heavy atom. The number of rotatable bonds is 2. The molecule has 6 heteroatoms. The van der Waals surface area contributed by atoms with Crippen LogP contribution in [0.1, 0.15) is 36.0 Å². The summed E-state index contributed by atoms with van der Waals surface area (Å²) in [5.74, 6) is -4.59. The fourth-order valence-corrected chi connectivity index (χ4v) is 2.22. The molecule has 2 unspecified atom stereocenters. The van der Waals surface area contributed by atoms with Gasteiger partial charge in [0, 0.05) is 6.07 Å². The number of nitrogens with one attached hydrogen (secondary N) is 1. The first kappa shape index (κ1) is 13.9. The highest BCUT2D eigenvalue weighted by atomic mass is 19.2. The molecule has 19 heavy (non-hydrogen) atoms. The molecule has 0 aliphatic heterocycles. The summed E-state index contributed by atoms with van der Waals surface area (Å²) in [4.78, 5) is 11.8. The fraction of sp³-hybridized carbons (Fsp3) is 0.462. The number of halogens is 3. The van der Waals surface area contributed by atoms with Crippen molar-refractivity contribution in [3.05, 3.63) is 35.1 Å². The molecule has 104 valence electrons. The van der Waals surface area contributed by atoms with Crippen LogP contribution in [-0.2, 0) is 0 Å². The van der Waals surface area contributed by atoms with E-state index in [1.165, 1.54) is 0 Å².